The number of carbonyl (C=O) groups is 2. The van der Waals surface area contributed by atoms with Crippen molar-refractivity contribution in [3.8, 4) is 44.9 Å². The number of carboxylic acid groups (broad SMARTS) is 2. The molecule has 0 spiro atoms. The minimum atomic E-state index is -1.36. The summed E-state index contributed by atoms with van der Waals surface area (Å²) >= 11 is 0. The van der Waals surface area contributed by atoms with Crippen molar-refractivity contribution in [2.75, 3.05) is 0 Å². The normalized spacial score (nSPS) is 11.1. The van der Waals surface area contributed by atoms with Crippen LogP contribution in [0.15, 0.2) is 109 Å². The van der Waals surface area contributed by atoms with Gasteiger partial charge in [0.25, 0.3) is 0 Å². The van der Waals surface area contributed by atoms with Crippen LogP contribution in [0.4, 0.5) is 0 Å². The SMILES string of the molecule is O=C(O)c1cc2ccccc2c(-c2c(O)c(C(=O)O)c(-c3ccccc3)c3c(-c4ccccc4)cccc23)c1O. The fourth-order valence-corrected chi connectivity index (χ4v) is 5.49. The average molecular weight is 527 g/mol. The molecule has 40 heavy (non-hydrogen) atoms. The van der Waals surface area contributed by atoms with E-state index in [0.717, 1.165) is 11.1 Å². The number of fused-ring (bicyclic) bond motifs is 2. The molecule has 6 rings (SSSR count). The molecule has 0 saturated heterocycles. The molecule has 6 nitrogen and oxygen atoms in total. The van der Waals surface area contributed by atoms with E-state index in [0.29, 0.717) is 32.7 Å². The van der Waals surface area contributed by atoms with Crippen molar-refractivity contribution in [2.24, 2.45) is 0 Å². The number of phenols is 2. The van der Waals surface area contributed by atoms with Crippen LogP contribution < -0.4 is 0 Å². The molecule has 0 amide bonds. The van der Waals surface area contributed by atoms with E-state index >= 15 is 0 Å². The molecule has 0 aliphatic heterocycles. The Labute approximate surface area is 228 Å². The van der Waals surface area contributed by atoms with Crippen molar-refractivity contribution in [3.05, 3.63) is 120 Å². The maximum absolute atomic E-state index is 12.9. The summed E-state index contributed by atoms with van der Waals surface area (Å²) in [5.41, 5.74) is 1.84. The zero-order valence-electron chi connectivity index (χ0n) is 21.0. The van der Waals surface area contributed by atoms with Crippen LogP contribution in [0.25, 0.3) is 54.9 Å². The van der Waals surface area contributed by atoms with Crippen molar-refractivity contribution in [1.82, 2.24) is 0 Å². The Morgan fingerprint density at radius 3 is 1.75 bits per heavy atom. The van der Waals surface area contributed by atoms with Gasteiger partial charge in [-0.05, 0) is 44.3 Å². The van der Waals surface area contributed by atoms with E-state index in [1.165, 1.54) is 6.07 Å². The van der Waals surface area contributed by atoms with Gasteiger partial charge < -0.3 is 20.4 Å². The molecule has 0 unspecified atom stereocenters. The summed E-state index contributed by atoms with van der Waals surface area (Å²) in [6.07, 6.45) is 0. The Hall–Kier alpha value is -5.62. The highest BCUT2D eigenvalue weighted by atomic mass is 16.4. The molecule has 4 N–H and O–H groups in total. The molecule has 6 aromatic carbocycles. The zero-order valence-corrected chi connectivity index (χ0v) is 21.0. The fraction of sp³-hybridized carbons (Fsp3) is 0. The molecular formula is C34H22O6. The zero-order chi connectivity index (χ0) is 28.0. The molecule has 0 atom stereocenters. The molecule has 0 fully saturated rings. The van der Waals surface area contributed by atoms with Crippen LogP contribution in [-0.4, -0.2) is 32.4 Å². The third kappa shape index (κ3) is 3.82. The van der Waals surface area contributed by atoms with Gasteiger partial charge in [0.15, 0.2) is 0 Å². The molecule has 0 heterocycles. The predicted molar refractivity (Wildman–Crippen MR) is 155 cm³/mol. The Morgan fingerprint density at radius 1 is 0.525 bits per heavy atom. The van der Waals surface area contributed by atoms with E-state index in [-0.39, 0.29) is 22.3 Å². The average Bonchev–Trinajstić information content (AvgIpc) is 2.97. The molecule has 6 aromatic rings. The minimum absolute atomic E-state index is 0.0432. The third-order valence-corrected chi connectivity index (χ3v) is 7.17. The number of aromatic carboxylic acids is 2. The van der Waals surface area contributed by atoms with Crippen molar-refractivity contribution in [3.63, 3.8) is 0 Å². The monoisotopic (exact) mass is 526 g/mol. The van der Waals surface area contributed by atoms with Gasteiger partial charge in [-0.3, -0.25) is 0 Å². The Bertz CT molecular complexity index is 1960. The number of benzene rings is 6. The van der Waals surface area contributed by atoms with Gasteiger partial charge in [-0.15, -0.1) is 0 Å². The van der Waals surface area contributed by atoms with E-state index in [4.69, 9.17) is 0 Å². The number of rotatable bonds is 5. The van der Waals surface area contributed by atoms with E-state index in [1.54, 1.807) is 60.7 Å². The number of carboxylic acids is 2. The molecule has 194 valence electrons. The third-order valence-electron chi connectivity index (χ3n) is 7.17. The van der Waals surface area contributed by atoms with Crippen molar-refractivity contribution in [2.45, 2.75) is 0 Å². The highest BCUT2D eigenvalue weighted by Gasteiger charge is 2.30. The molecule has 0 aliphatic carbocycles. The molecular weight excluding hydrogens is 504 g/mol. The number of hydrogen-bond acceptors (Lipinski definition) is 4. The van der Waals surface area contributed by atoms with Gasteiger partial charge in [0.1, 0.15) is 22.6 Å². The van der Waals surface area contributed by atoms with E-state index in [9.17, 15) is 30.0 Å². The second-order valence-corrected chi connectivity index (χ2v) is 9.41. The van der Waals surface area contributed by atoms with Crippen LogP contribution in [0.3, 0.4) is 0 Å². The lowest BCUT2D eigenvalue weighted by molar-refractivity contribution is 0.0682. The first kappa shape index (κ1) is 24.7. The summed E-state index contributed by atoms with van der Waals surface area (Å²) in [5.74, 6) is -3.83. The molecule has 0 aliphatic rings. The van der Waals surface area contributed by atoms with Gasteiger partial charge in [0.2, 0.25) is 0 Å². The first-order chi connectivity index (χ1) is 19.4. The van der Waals surface area contributed by atoms with Gasteiger partial charge in [-0.2, -0.15) is 0 Å². The number of hydrogen-bond donors (Lipinski definition) is 4. The first-order valence-electron chi connectivity index (χ1n) is 12.5. The van der Waals surface area contributed by atoms with Crippen molar-refractivity contribution >= 4 is 33.5 Å². The van der Waals surface area contributed by atoms with Crippen LogP contribution in [0.2, 0.25) is 0 Å². The summed E-state index contributed by atoms with van der Waals surface area (Å²) in [6.45, 7) is 0. The highest BCUT2D eigenvalue weighted by Crippen LogP contribution is 2.52. The lowest BCUT2D eigenvalue weighted by atomic mass is 9.82. The van der Waals surface area contributed by atoms with E-state index in [1.807, 2.05) is 42.5 Å². The largest absolute Gasteiger partial charge is 0.506 e. The van der Waals surface area contributed by atoms with Gasteiger partial charge in [0.05, 0.1) is 0 Å². The van der Waals surface area contributed by atoms with Crippen LogP contribution in [-0.2, 0) is 0 Å². The van der Waals surface area contributed by atoms with Crippen molar-refractivity contribution in [1.29, 1.82) is 0 Å². The van der Waals surface area contributed by atoms with Crippen LogP contribution in [0.1, 0.15) is 20.7 Å². The summed E-state index contributed by atoms with van der Waals surface area (Å²) in [5, 5.41) is 45.5. The first-order valence-corrected chi connectivity index (χ1v) is 12.5. The van der Waals surface area contributed by atoms with E-state index < -0.39 is 23.4 Å². The Balaban J connectivity index is 1.91. The quantitative estimate of drug-likeness (QED) is 0.182. The molecule has 0 bridgehead atoms. The highest BCUT2D eigenvalue weighted by molar-refractivity contribution is 6.23. The topological polar surface area (TPSA) is 115 Å². The summed E-state index contributed by atoms with van der Waals surface area (Å²) < 4.78 is 0. The predicted octanol–water partition coefficient (Wildman–Crippen LogP) is 7.80. The standard InChI is InChI=1S/C34H22O6/c35-31-25(33(37)38)18-21-14-7-8-15-23(21)28(31)29-24-17-9-16-22(19-10-3-1-4-11-19)27(24)26(20-12-5-2-6-13-20)30(32(29)36)34(39)40/h1-18,35-36H,(H,37,38)(H,39,40). The fourth-order valence-electron chi connectivity index (χ4n) is 5.49. The van der Waals surface area contributed by atoms with Gasteiger partial charge in [-0.1, -0.05) is 103 Å². The number of aromatic hydroxyl groups is 2. The molecule has 0 saturated carbocycles. The van der Waals surface area contributed by atoms with Crippen molar-refractivity contribution < 1.29 is 30.0 Å². The van der Waals surface area contributed by atoms with Gasteiger partial charge in [0, 0.05) is 16.7 Å². The lowest BCUT2D eigenvalue weighted by Gasteiger charge is -2.22. The van der Waals surface area contributed by atoms with Crippen LogP contribution >= 0.6 is 0 Å². The Morgan fingerprint density at radius 2 is 1.10 bits per heavy atom. The van der Waals surface area contributed by atoms with Gasteiger partial charge >= 0.3 is 11.9 Å². The summed E-state index contributed by atoms with van der Waals surface area (Å²) in [4.78, 5) is 25.0. The smallest absolute Gasteiger partial charge is 0.340 e. The maximum atomic E-state index is 12.9. The van der Waals surface area contributed by atoms with E-state index in [2.05, 4.69) is 0 Å². The maximum Gasteiger partial charge on any atom is 0.340 e. The summed E-state index contributed by atoms with van der Waals surface area (Å²) in [7, 11) is 0. The lowest BCUT2D eigenvalue weighted by Crippen LogP contribution is -2.05. The van der Waals surface area contributed by atoms with Crippen LogP contribution in [0, 0.1) is 0 Å². The molecule has 6 heteroatoms. The van der Waals surface area contributed by atoms with Gasteiger partial charge in [-0.25, -0.2) is 9.59 Å². The summed E-state index contributed by atoms with van der Waals surface area (Å²) in [6, 6.07) is 32.1. The molecule has 0 radical (unpaired) electrons. The Kier molecular flexibility index (Phi) is 5.93. The minimum Gasteiger partial charge on any atom is -0.506 e. The second kappa shape index (κ2) is 9.60. The molecule has 0 aromatic heterocycles. The second-order valence-electron chi connectivity index (χ2n) is 9.41. The van der Waals surface area contributed by atoms with Crippen LogP contribution in [0.5, 0.6) is 11.5 Å².